The van der Waals surface area contributed by atoms with Crippen molar-refractivity contribution < 1.29 is 9.53 Å². The van der Waals surface area contributed by atoms with Crippen LogP contribution in [0, 0.1) is 0 Å². The first-order chi connectivity index (χ1) is 11.6. The van der Waals surface area contributed by atoms with E-state index >= 15 is 0 Å². The first-order valence-electron chi connectivity index (χ1n) is 8.44. The maximum atomic E-state index is 12.1. The molecular weight excluding hydrogens is 308 g/mol. The summed E-state index contributed by atoms with van der Waals surface area (Å²) in [5.74, 6) is 0.508. The lowest BCUT2D eigenvalue weighted by molar-refractivity contribution is 0.0383. The summed E-state index contributed by atoms with van der Waals surface area (Å²) in [5, 5.41) is 6.08. The molecule has 1 saturated heterocycles. The summed E-state index contributed by atoms with van der Waals surface area (Å²) < 4.78 is 5.30. The minimum atomic E-state index is -0.185. The Kier molecular flexibility index (Phi) is 7.87. The molecule has 1 aromatic heterocycles. The number of anilines is 1. The number of hydrogen-bond acceptors (Lipinski definition) is 7. The normalized spacial score (nSPS) is 15.5. The number of hydrogen-bond donors (Lipinski definition) is 2. The lowest BCUT2D eigenvalue weighted by Gasteiger charge is -2.26. The minimum Gasteiger partial charge on any atom is -0.379 e. The number of ether oxygens (including phenoxy) is 1. The summed E-state index contributed by atoms with van der Waals surface area (Å²) in [7, 11) is 4.10. The standard InChI is InChI=1S/C16H28N6O2/c1-21(2)6-3-4-17-15-13-19-14(12-20-15)16(23)18-5-7-22-8-10-24-11-9-22/h12-13H,3-11H2,1-2H3,(H,17,20)(H,18,23). The van der Waals surface area contributed by atoms with Crippen molar-refractivity contribution in [2.24, 2.45) is 0 Å². The lowest BCUT2D eigenvalue weighted by Crippen LogP contribution is -2.41. The molecule has 2 rings (SSSR count). The molecule has 24 heavy (non-hydrogen) atoms. The van der Waals surface area contributed by atoms with Crippen LogP contribution in [-0.4, -0.2) is 92.3 Å². The second-order valence-corrected chi connectivity index (χ2v) is 6.08. The van der Waals surface area contributed by atoms with E-state index in [1.165, 1.54) is 6.20 Å². The molecular formula is C16H28N6O2. The van der Waals surface area contributed by atoms with Gasteiger partial charge in [0.15, 0.2) is 0 Å². The maximum absolute atomic E-state index is 12.1. The predicted octanol–water partition coefficient (Wildman–Crippen LogP) is -0.0978. The average Bonchev–Trinajstić information content (AvgIpc) is 2.60. The molecule has 1 aliphatic heterocycles. The molecule has 1 aromatic rings. The molecule has 0 aromatic carbocycles. The Morgan fingerprint density at radius 1 is 1.25 bits per heavy atom. The minimum absolute atomic E-state index is 0.185. The van der Waals surface area contributed by atoms with Crippen molar-refractivity contribution in [2.75, 3.05) is 71.9 Å². The van der Waals surface area contributed by atoms with Crippen LogP contribution in [0.5, 0.6) is 0 Å². The zero-order valence-electron chi connectivity index (χ0n) is 14.6. The van der Waals surface area contributed by atoms with Crippen LogP contribution >= 0.6 is 0 Å². The Morgan fingerprint density at radius 2 is 2.04 bits per heavy atom. The molecule has 1 amide bonds. The van der Waals surface area contributed by atoms with E-state index < -0.39 is 0 Å². The fraction of sp³-hybridized carbons (Fsp3) is 0.688. The third-order valence-corrected chi connectivity index (χ3v) is 3.79. The van der Waals surface area contributed by atoms with Crippen molar-refractivity contribution in [2.45, 2.75) is 6.42 Å². The van der Waals surface area contributed by atoms with E-state index in [1.807, 2.05) is 14.1 Å². The van der Waals surface area contributed by atoms with Crippen LogP contribution in [0.15, 0.2) is 12.4 Å². The summed E-state index contributed by atoms with van der Waals surface area (Å²) in [4.78, 5) is 24.9. The van der Waals surface area contributed by atoms with Gasteiger partial charge in [0, 0.05) is 32.7 Å². The average molecular weight is 336 g/mol. The van der Waals surface area contributed by atoms with Gasteiger partial charge in [-0.2, -0.15) is 0 Å². The highest BCUT2D eigenvalue weighted by atomic mass is 16.5. The number of nitrogens with zero attached hydrogens (tertiary/aromatic N) is 4. The molecule has 0 aliphatic carbocycles. The van der Waals surface area contributed by atoms with Crippen LogP contribution in [-0.2, 0) is 4.74 Å². The number of carbonyl (C=O) groups is 1. The van der Waals surface area contributed by atoms with E-state index in [9.17, 15) is 4.79 Å². The first kappa shape index (κ1) is 18.6. The summed E-state index contributed by atoms with van der Waals surface area (Å²) >= 11 is 0. The molecule has 0 bridgehead atoms. The third-order valence-electron chi connectivity index (χ3n) is 3.79. The molecule has 2 heterocycles. The highest BCUT2D eigenvalue weighted by Gasteiger charge is 2.11. The van der Waals surface area contributed by atoms with Gasteiger partial charge in [0.2, 0.25) is 0 Å². The maximum Gasteiger partial charge on any atom is 0.271 e. The van der Waals surface area contributed by atoms with Crippen LogP contribution in [0.4, 0.5) is 5.82 Å². The molecule has 8 heteroatoms. The summed E-state index contributed by atoms with van der Waals surface area (Å²) in [5.41, 5.74) is 0.343. The molecule has 0 saturated carbocycles. The SMILES string of the molecule is CN(C)CCCNc1cnc(C(=O)NCCN2CCOCC2)cn1. The van der Waals surface area contributed by atoms with Crippen molar-refractivity contribution in [1.29, 1.82) is 0 Å². The zero-order chi connectivity index (χ0) is 17.2. The smallest absolute Gasteiger partial charge is 0.271 e. The number of morpholine rings is 1. The number of aromatic nitrogens is 2. The number of amides is 1. The van der Waals surface area contributed by atoms with Crippen molar-refractivity contribution >= 4 is 11.7 Å². The van der Waals surface area contributed by atoms with Gasteiger partial charge in [-0.25, -0.2) is 9.97 Å². The molecule has 0 unspecified atom stereocenters. The van der Waals surface area contributed by atoms with Gasteiger partial charge >= 0.3 is 0 Å². The van der Waals surface area contributed by atoms with Crippen molar-refractivity contribution in [3.8, 4) is 0 Å². The van der Waals surface area contributed by atoms with Crippen LogP contribution in [0.3, 0.4) is 0 Å². The van der Waals surface area contributed by atoms with Crippen molar-refractivity contribution in [3.05, 3.63) is 18.1 Å². The molecule has 1 fully saturated rings. The van der Waals surface area contributed by atoms with Crippen LogP contribution in [0.1, 0.15) is 16.9 Å². The molecule has 8 nitrogen and oxygen atoms in total. The summed E-state index contributed by atoms with van der Waals surface area (Å²) in [6.45, 7) is 6.65. The van der Waals surface area contributed by atoms with Crippen LogP contribution < -0.4 is 10.6 Å². The van der Waals surface area contributed by atoms with E-state index in [2.05, 4.69) is 30.4 Å². The Bertz CT molecular complexity index is 488. The summed E-state index contributed by atoms with van der Waals surface area (Å²) in [6.07, 6.45) is 4.14. The number of rotatable bonds is 9. The van der Waals surface area contributed by atoms with E-state index in [-0.39, 0.29) is 5.91 Å². The predicted molar refractivity (Wildman–Crippen MR) is 93.3 cm³/mol. The summed E-state index contributed by atoms with van der Waals surface area (Å²) in [6, 6.07) is 0. The van der Waals surface area contributed by atoms with Gasteiger partial charge in [0.05, 0.1) is 25.6 Å². The monoisotopic (exact) mass is 336 g/mol. The van der Waals surface area contributed by atoms with E-state index in [1.54, 1.807) is 6.20 Å². The first-order valence-corrected chi connectivity index (χ1v) is 8.44. The lowest BCUT2D eigenvalue weighted by atomic mass is 10.3. The topological polar surface area (TPSA) is 82.6 Å². The van der Waals surface area contributed by atoms with Gasteiger partial charge in [0.25, 0.3) is 5.91 Å². The fourth-order valence-corrected chi connectivity index (χ4v) is 2.39. The second kappa shape index (κ2) is 10.2. The zero-order valence-corrected chi connectivity index (χ0v) is 14.6. The molecule has 0 radical (unpaired) electrons. The van der Waals surface area contributed by atoms with E-state index in [0.717, 1.165) is 52.4 Å². The van der Waals surface area contributed by atoms with Gasteiger partial charge in [-0.3, -0.25) is 9.69 Å². The molecule has 1 aliphatic rings. The molecule has 0 spiro atoms. The van der Waals surface area contributed by atoms with Gasteiger partial charge in [-0.1, -0.05) is 0 Å². The van der Waals surface area contributed by atoms with Crippen LogP contribution in [0.2, 0.25) is 0 Å². The van der Waals surface area contributed by atoms with E-state index in [4.69, 9.17) is 4.74 Å². The fourth-order valence-electron chi connectivity index (χ4n) is 2.39. The Hall–Kier alpha value is -1.77. The largest absolute Gasteiger partial charge is 0.379 e. The molecule has 134 valence electrons. The quantitative estimate of drug-likeness (QED) is 0.610. The Labute approximate surface area is 143 Å². The van der Waals surface area contributed by atoms with Crippen molar-refractivity contribution in [3.63, 3.8) is 0 Å². The Balaban J connectivity index is 1.66. The molecule has 2 N–H and O–H groups in total. The van der Waals surface area contributed by atoms with Crippen LogP contribution in [0.25, 0.3) is 0 Å². The third kappa shape index (κ3) is 6.77. The number of carbonyl (C=O) groups excluding carboxylic acids is 1. The Morgan fingerprint density at radius 3 is 2.71 bits per heavy atom. The molecule has 0 atom stereocenters. The van der Waals surface area contributed by atoms with Gasteiger partial charge in [0.1, 0.15) is 11.5 Å². The highest BCUT2D eigenvalue weighted by molar-refractivity contribution is 5.91. The van der Waals surface area contributed by atoms with Gasteiger partial charge in [-0.15, -0.1) is 0 Å². The van der Waals surface area contributed by atoms with Gasteiger partial charge < -0.3 is 20.3 Å². The van der Waals surface area contributed by atoms with E-state index in [0.29, 0.717) is 18.1 Å². The second-order valence-electron chi connectivity index (χ2n) is 6.08. The van der Waals surface area contributed by atoms with Gasteiger partial charge in [-0.05, 0) is 27.1 Å². The van der Waals surface area contributed by atoms with Crippen molar-refractivity contribution in [1.82, 2.24) is 25.1 Å². The number of nitrogens with one attached hydrogen (secondary N) is 2. The highest BCUT2D eigenvalue weighted by Crippen LogP contribution is 2.01.